The average Bonchev–Trinajstić information content (AvgIpc) is 2.48. The largest absolute Gasteiger partial charge is 0.384 e. The Kier molecular flexibility index (Phi) is 7.99. The number of rotatable bonds is 7. The number of pyridine rings is 1. The zero-order chi connectivity index (χ0) is 14.6. The number of amides is 1. The molecule has 2 N–H and O–H groups in total. The van der Waals surface area contributed by atoms with Gasteiger partial charge in [-0.25, -0.2) is 0 Å². The second kappa shape index (κ2) is 9.92. The van der Waals surface area contributed by atoms with Crippen LogP contribution >= 0.6 is 0 Å². The maximum absolute atomic E-state index is 12.0. The van der Waals surface area contributed by atoms with E-state index in [-0.39, 0.29) is 12.5 Å². The summed E-state index contributed by atoms with van der Waals surface area (Å²) in [5.41, 5.74) is 0.914. The topological polar surface area (TPSA) is 80.7 Å². The van der Waals surface area contributed by atoms with Gasteiger partial charge in [0.25, 0.3) is 5.91 Å². The molecular weight excluding hydrogens is 260 g/mol. The van der Waals surface area contributed by atoms with E-state index >= 15 is 0 Å². The molecule has 20 heavy (non-hydrogen) atoms. The van der Waals surface area contributed by atoms with E-state index in [4.69, 9.17) is 14.6 Å². The van der Waals surface area contributed by atoms with Gasteiger partial charge in [-0.3, -0.25) is 9.78 Å². The van der Waals surface area contributed by atoms with E-state index in [2.05, 4.69) is 22.1 Å². The van der Waals surface area contributed by atoms with Crippen LogP contribution in [0.5, 0.6) is 0 Å². The minimum atomic E-state index is -0.261. The van der Waals surface area contributed by atoms with Crippen LogP contribution in [-0.4, -0.2) is 56.1 Å². The normalized spacial score (nSPS) is 9.70. The van der Waals surface area contributed by atoms with Crippen LogP contribution in [0.15, 0.2) is 18.5 Å². The Hall–Kier alpha value is -1.94. The van der Waals surface area contributed by atoms with E-state index in [9.17, 15) is 4.79 Å². The molecule has 0 atom stereocenters. The third kappa shape index (κ3) is 5.80. The first-order valence-electron chi connectivity index (χ1n) is 6.18. The van der Waals surface area contributed by atoms with Gasteiger partial charge in [0.1, 0.15) is 6.61 Å². The van der Waals surface area contributed by atoms with Crippen molar-refractivity contribution in [3.63, 3.8) is 0 Å². The summed E-state index contributed by atoms with van der Waals surface area (Å²) in [5, 5.41) is 11.4. The third-order valence-electron chi connectivity index (χ3n) is 2.33. The molecule has 0 saturated heterocycles. The molecule has 0 saturated carbocycles. The van der Waals surface area contributed by atoms with Crippen LogP contribution in [0, 0.1) is 11.8 Å². The van der Waals surface area contributed by atoms with E-state index in [1.54, 1.807) is 13.2 Å². The number of carbonyl (C=O) groups excluding carboxylic acids is 1. The number of carbonyl (C=O) groups is 1. The maximum atomic E-state index is 12.0. The molecule has 0 fully saturated rings. The number of aliphatic hydroxyl groups excluding tert-OH is 1. The summed E-state index contributed by atoms with van der Waals surface area (Å²) >= 11 is 0. The Balaban J connectivity index is 2.47. The van der Waals surface area contributed by atoms with Gasteiger partial charge in [-0.1, -0.05) is 11.8 Å². The molecule has 6 heteroatoms. The molecule has 108 valence electrons. The molecule has 1 heterocycles. The summed E-state index contributed by atoms with van der Waals surface area (Å²) in [6, 6.07) is 1.59. The number of hydrogen-bond donors (Lipinski definition) is 2. The SMILES string of the molecule is COCCOCCNC(=O)c1ccncc1C#CCO. The Morgan fingerprint density at radius 3 is 3.05 bits per heavy atom. The first-order chi connectivity index (χ1) is 9.79. The van der Waals surface area contributed by atoms with E-state index in [1.807, 2.05) is 0 Å². The fourth-order valence-electron chi connectivity index (χ4n) is 1.40. The van der Waals surface area contributed by atoms with Crippen LogP contribution in [0.3, 0.4) is 0 Å². The van der Waals surface area contributed by atoms with Crippen LogP contribution < -0.4 is 5.32 Å². The number of methoxy groups -OCH3 is 1. The molecule has 1 aromatic rings. The first kappa shape index (κ1) is 16.1. The molecule has 0 radical (unpaired) electrons. The highest BCUT2D eigenvalue weighted by Gasteiger charge is 2.09. The predicted octanol–water partition coefficient (Wildman–Crippen LogP) is -0.182. The molecule has 0 aliphatic heterocycles. The zero-order valence-electron chi connectivity index (χ0n) is 11.4. The minimum absolute atomic E-state index is 0.245. The van der Waals surface area contributed by atoms with Crippen molar-refractivity contribution >= 4 is 5.91 Å². The molecular formula is C14H18N2O4. The van der Waals surface area contributed by atoms with E-state index in [1.165, 1.54) is 12.4 Å². The van der Waals surface area contributed by atoms with Crippen molar-refractivity contribution in [2.24, 2.45) is 0 Å². The Morgan fingerprint density at radius 2 is 2.30 bits per heavy atom. The first-order valence-corrected chi connectivity index (χ1v) is 6.18. The fraction of sp³-hybridized carbons (Fsp3) is 0.429. The molecule has 0 spiro atoms. The van der Waals surface area contributed by atoms with Gasteiger partial charge in [-0.2, -0.15) is 0 Å². The quantitative estimate of drug-likeness (QED) is 0.534. The third-order valence-corrected chi connectivity index (χ3v) is 2.33. The molecule has 0 bridgehead atoms. The summed E-state index contributed by atoms with van der Waals surface area (Å²) < 4.78 is 10.1. The van der Waals surface area contributed by atoms with Crippen molar-refractivity contribution in [1.82, 2.24) is 10.3 Å². The van der Waals surface area contributed by atoms with Crippen molar-refractivity contribution in [1.29, 1.82) is 0 Å². The van der Waals surface area contributed by atoms with Crippen molar-refractivity contribution < 1.29 is 19.4 Å². The monoisotopic (exact) mass is 278 g/mol. The summed E-state index contributed by atoms with van der Waals surface area (Å²) in [6.07, 6.45) is 3.01. The summed E-state index contributed by atoms with van der Waals surface area (Å²) in [6.45, 7) is 1.58. The van der Waals surface area contributed by atoms with Gasteiger partial charge in [0.2, 0.25) is 0 Å². The van der Waals surface area contributed by atoms with Crippen molar-refractivity contribution in [2.75, 3.05) is 40.1 Å². The number of aromatic nitrogens is 1. The zero-order valence-corrected chi connectivity index (χ0v) is 11.4. The lowest BCUT2D eigenvalue weighted by atomic mass is 10.1. The molecule has 1 amide bonds. The van der Waals surface area contributed by atoms with Gasteiger partial charge in [0.05, 0.1) is 30.9 Å². The highest BCUT2D eigenvalue weighted by atomic mass is 16.5. The van der Waals surface area contributed by atoms with Gasteiger partial charge in [-0.05, 0) is 6.07 Å². The second-order valence-electron chi connectivity index (χ2n) is 3.74. The van der Waals surface area contributed by atoms with Gasteiger partial charge in [0.15, 0.2) is 0 Å². The van der Waals surface area contributed by atoms with Crippen molar-refractivity contribution in [2.45, 2.75) is 0 Å². The summed E-state index contributed by atoms with van der Waals surface area (Å²) in [5.74, 6) is 4.94. The second-order valence-corrected chi connectivity index (χ2v) is 3.74. The standard InChI is InChI=1S/C14H18N2O4/c1-19-9-10-20-8-6-16-14(18)13-4-5-15-11-12(13)3-2-7-17/h4-5,11,17H,6-10H2,1H3,(H,16,18). The van der Waals surface area contributed by atoms with Crippen LogP contribution in [0.2, 0.25) is 0 Å². The molecule has 1 rings (SSSR count). The molecule has 0 aliphatic carbocycles. The van der Waals surface area contributed by atoms with Gasteiger partial charge < -0.3 is 19.9 Å². The van der Waals surface area contributed by atoms with Crippen molar-refractivity contribution in [3.05, 3.63) is 29.6 Å². The molecule has 6 nitrogen and oxygen atoms in total. The lowest BCUT2D eigenvalue weighted by Crippen LogP contribution is -2.28. The number of aliphatic hydroxyl groups is 1. The lowest BCUT2D eigenvalue weighted by molar-refractivity contribution is 0.0692. The highest BCUT2D eigenvalue weighted by molar-refractivity contribution is 5.96. The molecule has 0 aliphatic rings. The minimum Gasteiger partial charge on any atom is -0.384 e. The maximum Gasteiger partial charge on any atom is 0.252 e. The van der Waals surface area contributed by atoms with E-state index in [0.29, 0.717) is 37.5 Å². The fourth-order valence-corrected chi connectivity index (χ4v) is 1.40. The number of ether oxygens (including phenoxy) is 2. The Morgan fingerprint density at radius 1 is 1.45 bits per heavy atom. The van der Waals surface area contributed by atoms with E-state index in [0.717, 1.165) is 0 Å². The van der Waals surface area contributed by atoms with Crippen LogP contribution in [0.1, 0.15) is 15.9 Å². The Bertz CT molecular complexity index is 480. The van der Waals surface area contributed by atoms with E-state index < -0.39 is 0 Å². The highest BCUT2D eigenvalue weighted by Crippen LogP contribution is 2.04. The van der Waals surface area contributed by atoms with Gasteiger partial charge >= 0.3 is 0 Å². The van der Waals surface area contributed by atoms with Gasteiger partial charge in [-0.15, -0.1) is 0 Å². The number of nitrogens with zero attached hydrogens (tertiary/aromatic N) is 1. The van der Waals surface area contributed by atoms with Crippen molar-refractivity contribution in [3.8, 4) is 11.8 Å². The number of nitrogens with one attached hydrogen (secondary N) is 1. The molecule has 0 unspecified atom stereocenters. The Labute approximate surface area is 118 Å². The average molecular weight is 278 g/mol. The smallest absolute Gasteiger partial charge is 0.252 e. The van der Waals surface area contributed by atoms with Crippen LogP contribution in [-0.2, 0) is 9.47 Å². The lowest BCUT2D eigenvalue weighted by Gasteiger charge is -2.07. The van der Waals surface area contributed by atoms with Crippen LogP contribution in [0.4, 0.5) is 0 Å². The predicted molar refractivity (Wildman–Crippen MR) is 73.2 cm³/mol. The van der Waals surface area contributed by atoms with Crippen LogP contribution in [0.25, 0.3) is 0 Å². The van der Waals surface area contributed by atoms with Gasteiger partial charge in [0, 0.05) is 26.0 Å². The summed E-state index contributed by atoms with van der Waals surface area (Å²) in [4.78, 5) is 15.9. The molecule has 1 aromatic heterocycles. The summed E-state index contributed by atoms with van der Waals surface area (Å²) in [7, 11) is 1.60. The molecule has 0 aromatic carbocycles. The number of hydrogen-bond acceptors (Lipinski definition) is 5.